The fourth-order valence-corrected chi connectivity index (χ4v) is 9.36. The zero-order chi connectivity index (χ0) is 54.3. The number of hydrogen-bond acceptors (Lipinski definition) is 6. The Hall–Kier alpha value is -3.15. The Kier molecular flexibility index (Phi) is 60.7. The lowest BCUT2D eigenvalue weighted by Gasteiger charge is -2.18. The second-order valence-electron chi connectivity index (χ2n) is 21.6. The van der Waals surface area contributed by atoms with Gasteiger partial charge in [-0.25, -0.2) is 0 Å². The van der Waals surface area contributed by atoms with Gasteiger partial charge < -0.3 is 14.2 Å². The molecule has 0 aromatic heterocycles. The third-order valence-corrected chi connectivity index (χ3v) is 14.2. The molecule has 0 saturated carbocycles. The van der Waals surface area contributed by atoms with E-state index in [4.69, 9.17) is 14.2 Å². The van der Waals surface area contributed by atoms with Crippen LogP contribution in [0, 0.1) is 0 Å². The molecule has 0 fully saturated rings. The monoisotopic (exact) mass is 1050 g/mol. The fraction of sp³-hybridized carbons (Fsp3) is 0.783. The Bertz CT molecular complexity index is 1390. The summed E-state index contributed by atoms with van der Waals surface area (Å²) in [6, 6.07) is 0. The minimum atomic E-state index is -0.803. The number of hydrogen-bond donors (Lipinski definition) is 0. The zero-order valence-corrected chi connectivity index (χ0v) is 49.8. The molecule has 0 amide bonds. The summed E-state index contributed by atoms with van der Waals surface area (Å²) in [6.07, 6.45) is 82.2. The van der Waals surface area contributed by atoms with E-state index in [1.54, 1.807) is 0 Å². The van der Waals surface area contributed by atoms with E-state index in [0.29, 0.717) is 19.3 Å². The summed E-state index contributed by atoms with van der Waals surface area (Å²) in [4.78, 5) is 38.2. The largest absolute Gasteiger partial charge is 0.462 e. The standard InChI is InChI=1S/C69H122O6/c1-4-7-10-13-16-19-22-24-26-28-29-30-31-32-33-34-35-36-37-38-39-41-42-44-47-50-53-56-59-62-68(71)74-65-66(64-73-67(70)61-58-55-52-49-46-21-18-15-12-9-6-3)75-69(72)63-60-57-54-51-48-45-43-40-27-25-23-20-17-14-11-8-5-2/h8,11,17,20,25,27-29,43,45,51,54,66H,4-7,9-10,12-16,18-19,21-24,26,30-42,44,46-50,52-53,55-65H2,1-3H3/b11-8-,20-17-,27-25-,29-28-,45-43-,54-51-. The number of esters is 3. The quantitative estimate of drug-likeness (QED) is 0.0261. The molecule has 0 radical (unpaired) electrons. The maximum absolute atomic E-state index is 12.8. The van der Waals surface area contributed by atoms with E-state index in [1.807, 2.05) is 0 Å². The number of rotatable bonds is 59. The second-order valence-corrected chi connectivity index (χ2v) is 21.6. The number of unbranched alkanes of at least 4 members (excludes halogenated alkanes) is 36. The summed E-state index contributed by atoms with van der Waals surface area (Å²) in [6.45, 7) is 6.51. The smallest absolute Gasteiger partial charge is 0.306 e. The molecule has 6 nitrogen and oxygen atoms in total. The van der Waals surface area contributed by atoms with Gasteiger partial charge >= 0.3 is 17.9 Å². The van der Waals surface area contributed by atoms with Crippen LogP contribution in [-0.2, 0) is 28.6 Å². The lowest BCUT2D eigenvalue weighted by molar-refractivity contribution is -0.167. The van der Waals surface area contributed by atoms with Crippen molar-refractivity contribution >= 4 is 17.9 Å². The first kappa shape index (κ1) is 71.8. The van der Waals surface area contributed by atoms with Crippen LogP contribution in [0.25, 0.3) is 0 Å². The zero-order valence-electron chi connectivity index (χ0n) is 49.8. The van der Waals surface area contributed by atoms with Crippen LogP contribution in [0.15, 0.2) is 72.9 Å². The Morgan fingerprint density at radius 2 is 0.533 bits per heavy atom. The third-order valence-electron chi connectivity index (χ3n) is 14.2. The van der Waals surface area contributed by atoms with E-state index in [-0.39, 0.29) is 37.5 Å². The molecule has 0 aliphatic heterocycles. The predicted molar refractivity (Wildman–Crippen MR) is 325 cm³/mol. The molecular formula is C69H122O6. The average Bonchev–Trinajstić information content (AvgIpc) is 3.41. The van der Waals surface area contributed by atoms with Crippen molar-refractivity contribution in [1.29, 1.82) is 0 Å². The van der Waals surface area contributed by atoms with E-state index in [1.165, 1.54) is 205 Å². The van der Waals surface area contributed by atoms with Crippen molar-refractivity contribution in [3.05, 3.63) is 72.9 Å². The van der Waals surface area contributed by atoms with Crippen LogP contribution in [0.1, 0.15) is 329 Å². The molecule has 0 aromatic carbocycles. The SMILES string of the molecule is CC/C=C\C/C=C\C/C=C\C/C=C\C/C=C\CCCC(=O)OC(COC(=O)CCCCCCCCCCCCC)COC(=O)CCCCCCCCCCCCCCCCCCC/C=C\CCCCCCCCCC. The topological polar surface area (TPSA) is 78.9 Å². The van der Waals surface area contributed by atoms with Gasteiger partial charge in [0.25, 0.3) is 0 Å². The van der Waals surface area contributed by atoms with Gasteiger partial charge in [0, 0.05) is 19.3 Å². The first-order valence-electron chi connectivity index (χ1n) is 32.4. The molecule has 0 bridgehead atoms. The first-order chi connectivity index (χ1) is 37.0. The molecular weight excluding hydrogens is 925 g/mol. The summed E-state index contributed by atoms with van der Waals surface area (Å²) in [5, 5.41) is 0. The van der Waals surface area contributed by atoms with Crippen molar-refractivity contribution < 1.29 is 28.6 Å². The molecule has 434 valence electrons. The van der Waals surface area contributed by atoms with Crippen molar-refractivity contribution in [3.8, 4) is 0 Å². The predicted octanol–water partition coefficient (Wildman–Crippen LogP) is 22.1. The third kappa shape index (κ3) is 61.6. The van der Waals surface area contributed by atoms with Crippen molar-refractivity contribution in [1.82, 2.24) is 0 Å². The summed E-state index contributed by atoms with van der Waals surface area (Å²) in [5.74, 6) is -0.940. The number of ether oxygens (including phenoxy) is 3. The molecule has 0 aliphatic rings. The molecule has 6 heteroatoms. The Balaban J connectivity index is 4.21. The van der Waals surface area contributed by atoms with E-state index >= 15 is 0 Å². The van der Waals surface area contributed by atoms with Crippen LogP contribution >= 0.6 is 0 Å². The van der Waals surface area contributed by atoms with E-state index < -0.39 is 6.10 Å². The van der Waals surface area contributed by atoms with Crippen molar-refractivity contribution in [2.75, 3.05) is 13.2 Å². The van der Waals surface area contributed by atoms with Gasteiger partial charge in [0.1, 0.15) is 13.2 Å². The molecule has 0 rings (SSSR count). The van der Waals surface area contributed by atoms with Gasteiger partial charge in [-0.15, -0.1) is 0 Å². The molecule has 0 heterocycles. The Labute approximate surface area is 465 Å². The van der Waals surface area contributed by atoms with Gasteiger partial charge in [0.15, 0.2) is 6.10 Å². The van der Waals surface area contributed by atoms with Gasteiger partial charge in [0.2, 0.25) is 0 Å². The maximum Gasteiger partial charge on any atom is 0.306 e. The molecule has 0 saturated heterocycles. The van der Waals surface area contributed by atoms with Crippen molar-refractivity contribution in [2.24, 2.45) is 0 Å². The molecule has 1 atom stereocenters. The minimum Gasteiger partial charge on any atom is -0.462 e. The highest BCUT2D eigenvalue weighted by molar-refractivity contribution is 5.71. The van der Waals surface area contributed by atoms with Gasteiger partial charge in [-0.05, 0) is 83.5 Å². The molecule has 0 spiro atoms. The highest BCUT2D eigenvalue weighted by Crippen LogP contribution is 2.17. The summed E-state index contributed by atoms with van der Waals surface area (Å²) in [7, 11) is 0. The van der Waals surface area contributed by atoms with Gasteiger partial charge in [-0.3, -0.25) is 14.4 Å². The molecule has 1 unspecified atom stereocenters. The van der Waals surface area contributed by atoms with Crippen molar-refractivity contribution in [3.63, 3.8) is 0 Å². The number of carbonyl (C=O) groups is 3. The lowest BCUT2D eigenvalue weighted by atomic mass is 10.0. The van der Waals surface area contributed by atoms with Gasteiger partial charge in [-0.1, -0.05) is 299 Å². The van der Waals surface area contributed by atoms with Crippen LogP contribution < -0.4 is 0 Å². The Morgan fingerprint density at radius 1 is 0.280 bits per heavy atom. The molecule has 0 aliphatic carbocycles. The average molecular weight is 1050 g/mol. The number of carbonyl (C=O) groups excluding carboxylic acids is 3. The van der Waals surface area contributed by atoms with E-state index in [2.05, 4.69) is 93.7 Å². The minimum absolute atomic E-state index is 0.0944. The van der Waals surface area contributed by atoms with Gasteiger partial charge in [0.05, 0.1) is 0 Å². The normalized spacial score (nSPS) is 12.5. The van der Waals surface area contributed by atoms with Crippen molar-refractivity contribution in [2.45, 2.75) is 335 Å². The van der Waals surface area contributed by atoms with Crippen LogP contribution in [0.4, 0.5) is 0 Å². The maximum atomic E-state index is 12.8. The molecule has 0 N–H and O–H groups in total. The summed E-state index contributed by atoms with van der Waals surface area (Å²) < 4.78 is 16.8. The highest BCUT2D eigenvalue weighted by Gasteiger charge is 2.19. The number of allylic oxidation sites excluding steroid dienone is 12. The van der Waals surface area contributed by atoms with Crippen LogP contribution in [0.5, 0.6) is 0 Å². The second kappa shape index (κ2) is 63.4. The van der Waals surface area contributed by atoms with E-state index in [0.717, 1.165) is 77.0 Å². The van der Waals surface area contributed by atoms with Crippen LogP contribution in [0.3, 0.4) is 0 Å². The fourth-order valence-electron chi connectivity index (χ4n) is 9.36. The molecule has 0 aromatic rings. The first-order valence-corrected chi connectivity index (χ1v) is 32.4. The summed E-state index contributed by atoms with van der Waals surface area (Å²) >= 11 is 0. The summed E-state index contributed by atoms with van der Waals surface area (Å²) in [5.41, 5.74) is 0. The molecule has 75 heavy (non-hydrogen) atoms. The lowest BCUT2D eigenvalue weighted by Crippen LogP contribution is -2.30. The van der Waals surface area contributed by atoms with Crippen LogP contribution in [-0.4, -0.2) is 37.2 Å². The Morgan fingerprint density at radius 3 is 0.867 bits per heavy atom. The van der Waals surface area contributed by atoms with E-state index in [9.17, 15) is 14.4 Å². The van der Waals surface area contributed by atoms with Gasteiger partial charge in [-0.2, -0.15) is 0 Å². The highest BCUT2D eigenvalue weighted by atomic mass is 16.6. The van der Waals surface area contributed by atoms with Crippen LogP contribution in [0.2, 0.25) is 0 Å².